The standard InChI is InChI=1S/C25H33ClFN3O4S/c1-5-14-28-25(32)19(3)29(17-20-9-6-7-10-22(20)27)24(31)11-8-15-30(35(4,33)34)23-16-21(26)13-12-18(23)2/h6-7,9-10,12-13,16,19H,5,8,11,14-15,17H2,1-4H3,(H,28,32). The van der Waals surface area contributed by atoms with Gasteiger partial charge in [0.2, 0.25) is 21.8 Å². The minimum atomic E-state index is -3.63. The average Bonchev–Trinajstić information content (AvgIpc) is 2.80. The number of halogens is 2. The normalized spacial score (nSPS) is 12.2. The molecule has 2 amide bonds. The summed E-state index contributed by atoms with van der Waals surface area (Å²) in [7, 11) is -3.63. The third-order valence-corrected chi connectivity index (χ3v) is 7.02. The number of hydrogen-bond acceptors (Lipinski definition) is 4. The molecule has 0 saturated carbocycles. The summed E-state index contributed by atoms with van der Waals surface area (Å²) in [5.41, 5.74) is 1.47. The van der Waals surface area contributed by atoms with E-state index in [4.69, 9.17) is 11.6 Å². The number of hydrogen-bond donors (Lipinski definition) is 1. The van der Waals surface area contributed by atoms with Crippen LogP contribution in [0.5, 0.6) is 0 Å². The average molecular weight is 526 g/mol. The molecule has 2 rings (SSSR count). The smallest absolute Gasteiger partial charge is 0.242 e. The first-order chi connectivity index (χ1) is 16.5. The third-order valence-electron chi connectivity index (χ3n) is 5.61. The second kappa shape index (κ2) is 12.9. The SMILES string of the molecule is CCCNC(=O)C(C)N(Cc1ccccc1F)C(=O)CCCN(c1cc(Cl)ccc1C)S(C)(=O)=O. The molecule has 2 aromatic carbocycles. The van der Waals surface area contributed by atoms with Crippen molar-refractivity contribution >= 4 is 39.1 Å². The lowest BCUT2D eigenvalue weighted by atomic mass is 10.1. The Morgan fingerprint density at radius 2 is 1.86 bits per heavy atom. The van der Waals surface area contributed by atoms with Gasteiger partial charge in [-0.25, -0.2) is 12.8 Å². The summed E-state index contributed by atoms with van der Waals surface area (Å²) in [4.78, 5) is 27.1. The highest BCUT2D eigenvalue weighted by atomic mass is 35.5. The van der Waals surface area contributed by atoms with Gasteiger partial charge >= 0.3 is 0 Å². The Balaban J connectivity index is 2.20. The van der Waals surface area contributed by atoms with E-state index in [2.05, 4.69) is 5.32 Å². The van der Waals surface area contributed by atoms with E-state index in [0.717, 1.165) is 18.2 Å². The molecule has 0 heterocycles. The highest BCUT2D eigenvalue weighted by Gasteiger charge is 2.27. The molecule has 0 aliphatic heterocycles. The van der Waals surface area contributed by atoms with Gasteiger partial charge in [-0.15, -0.1) is 0 Å². The van der Waals surface area contributed by atoms with Crippen molar-refractivity contribution in [3.05, 3.63) is 64.4 Å². The molecule has 0 aromatic heterocycles. The molecule has 10 heteroatoms. The Hall–Kier alpha value is -2.65. The lowest BCUT2D eigenvalue weighted by Gasteiger charge is -2.29. The predicted octanol–water partition coefficient (Wildman–Crippen LogP) is 4.28. The van der Waals surface area contributed by atoms with Crippen LogP contribution in [0.15, 0.2) is 42.5 Å². The number of carbonyl (C=O) groups is 2. The molecule has 0 aliphatic rings. The highest BCUT2D eigenvalue weighted by molar-refractivity contribution is 7.92. The summed E-state index contributed by atoms with van der Waals surface area (Å²) in [6, 6.07) is 10.3. The van der Waals surface area contributed by atoms with Gasteiger partial charge in [-0.2, -0.15) is 0 Å². The molecule has 2 aromatic rings. The van der Waals surface area contributed by atoms with Gasteiger partial charge in [-0.3, -0.25) is 13.9 Å². The maximum Gasteiger partial charge on any atom is 0.242 e. The van der Waals surface area contributed by atoms with Crippen molar-refractivity contribution < 1.29 is 22.4 Å². The first-order valence-corrected chi connectivity index (χ1v) is 13.7. The van der Waals surface area contributed by atoms with E-state index in [0.29, 0.717) is 22.8 Å². The van der Waals surface area contributed by atoms with Crippen molar-refractivity contribution in [1.29, 1.82) is 0 Å². The summed E-state index contributed by atoms with van der Waals surface area (Å²) in [5, 5.41) is 3.17. The molecule has 35 heavy (non-hydrogen) atoms. The molecule has 0 fully saturated rings. The Labute approximate surface area is 212 Å². The van der Waals surface area contributed by atoms with E-state index in [9.17, 15) is 22.4 Å². The molecule has 0 aliphatic carbocycles. The van der Waals surface area contributed by atoms with E-state index in [-0.39, 0.29) is 37.7 Å². The quantitative estimate of drug-likeness (QED) is 0.448. The minimum absolute atomic E-state index is 0.0223. The lowest BCUT2D eigenvalue weighted by molar-refractivity contribution is -0.140. The molecule has 1 N–H and O–H groups in total. The van der Waals surface area contributed by atoms with Crippen LogP contribution in [-0.4, -0.2) is 50.5 Å². The molecule has 192 valence electrons. The predicted molar refractivity (Wildman–Crippen MR) is 137 cm³/mol. The fourth-order valence-corrected chi connectivity index (χ4v) is 4.80. The van der Waals surface area contributed by atoms with Crippen molar-refractivity contribution in [2.24, 2.45) is 0 Å². The van der Waals surface area contributed by atoms with Crippen molar-refractivity contribution in [2.75, 3.05) is 23.7 Å². The Morgan fingerprint density at radius 1 is 1.17 bits per heavy atom. The van der Waals surface area contributed by atoms with Crippen LogP contribution in [0.1, 0.15) is 44.2 Å². The van der Waals surface area contributed by atoms with Crippen molar-refractivity contribution in [2.45, 2.75) is 52.6 Å². The monoisotopic (exact) mass is 525 g/mol. The van der Waals surface area contributed by atoms with Crippen LogP contribution in [0, 0.1) is 12.7 Å². The van der Waals surface area contributed by atoms with Crippen LogP contribution >= 0.6 is 11.6 Å². The Morgan fingerprint density at radius 3 is 2.49 bits per heavy atom. The topological polar surface area (TPSA) is 86.8 Å². The minimum Gasteiger partial charge on any atom is -0.354 e. The number of anilines is 1. The zero-order valence-corrected chi connectivity index (χ0v) is 22.1. The van der Waals surface area contributed by atoms with Crippen LogP contribution in [0.4, 0.5) is 10.1 Å². The van der Waals surface area contributed by atoms with E-state index in [1.807, 2.05) is 6.92 Å². The largest absolute Gasteiger partial charge is 0.354 e. The summed E-state index contributed by atoms with van der Waals surface area (Å²) in [5.74, 6) is -1.17. The van der Waals surface area contributed by atoms with Gasteiger partial charge in [-0.05, 0) is 50.5 Å². The van der Waals surface area contributed by atoms with Crippen molar-refractivity contribution in [3.8, 4) is 0 Å². The molecule has 1 unspecified atom stereocenters. The molecule has 0 bridgehead atoms. The van der Waals surface area contributed by atoms with Crippen molar-refractivity contribution in [3.63, 3.8) is 0 Å². The summed E-state index contributed by atoms with van der Waals surface area (Å²) < 4.78 is 40.5. The number of rotatable bonds is 12. The van der Waals surface area contributed by atoms with Gasteiger partial charge in [0.15, 0.2) is 0 Å². The Kier molecular flexibility index (Phi) is 10.5. The first-order valence-electron chi connectivity index (χ1n) is 11.5. The van der Waals surface area contributed by atoms with E-state index in [1.54, 1.807) is 50.2 Å². The van der Waals surface area contributed by atoms with Crippen LogP contribution < -0.4 is 9.62 Å². The highest BCUT2D eigenvalue weighted by Crippen LogP contribution is 2.27. The molecule has 0 saturated heterocycles. The van der Waals surface area contributed by atoms with Crippen LogP contribution in [0.2, 0.25) is 5.02 Å². The number of nitrogens with zero attached hydrogens (tertiary/aromatic N) is 2. The Bertz CT molecular complexity index is 1140. The molecule has 1 atom stereocenters. The van der Waals surface area contributed by atoms with Gasteiger partial charge in [0, 0.05) is 36.6 Å². The molecular weight excluding hydrogens is 493 g/mol. The molecular formula is C25H33ClFN3O4S. The van der Waals surface area contributed by atoms with Gasteiger partial charge in [0.05, 0.1) is 11.9 Å². The number of carbonyl (C=O) groups excluding carboxylic acids is 2. The molecule has 0 spiro atoms. The van der Waals surface area contributed by atoms with Gasteiger partial charge in [0.25, 0.3) is 0 Å². The number of nitrogens with one attached hydrogen (secondary N) is 1. The fourth-order valence-electron chi connectivity index (χ4n) is 3.62. The molecule has 7 nitrogen and oxygen atoms in total. The molecule has 0 radical (unpaired) electrons. The fraction of sp³-hybridized carbons (Fsp3) is 0.440. The zero-order chi connectivity index (χ0) is 26.2. The number of sulfonamides is 1. The van der Waals surface area contributed by atoms with E-state index in [1.165, 1.54) is 15.3 Å². The number of benzene rings is 2. The van der Waals surface area contributed by atoms with Gasteiger partial charge < -0.3 is 10.2 Å². The van der Waals surface area contributed by atoms with Gasteiger partial charge in [-0.1, -0.05) is 42.8 Å². The van der Waals surface area contributed by atoms with Crippen LogP contribution in [0.3, 0.4) is 0 Å². The summed E-state index contributed by atoms with van der Waals surface area (Å²) in [6.07, 6.45) is 2.02. The van der Waals surface area contributed by atoms with E-state index < -0.39 is 21.9 Å². The summed E-state index contributed by atoms with van der Waals surface area (Å²) in [6.45, 7) is 5.74. The first kappa shape index (κ1) is 28.6. The van der Waals surface area contributed by atoms with Crippen LogP contribution in [-0.2, 0) is 26.2 Å². The number of amides is 2. The number of aryl methyl sites for hydroxylation is 1. The third kappa shape index (κ3) is 8.21. The van der Waals surface area contributed by atoms with E-state index >= 15 is 0 Å². The maximum absolute atomic E-state index is 14.3. The van der Waals surface area contributed by atoms with Crippen molar-refractivity contribution in [1.82, 2.24) is 10.2 Å². The maximum atomic E-state index is 14.3. The van der Waals surface area contributed by atoms with Crippen LogP contribution in [0.25, 0.3) is 0 Å². The zero-order valence-electron chi connectivity index (χ0n) is 20.6. The van der Waals surface area contributed by atoms with Gasteiger partial charge in [0.1, 0.15) is 11.9 Å². The second-order valence-corrected chi connectivity index (χ2v) is 10.8. The lowest BCUT2D eigenvalue weighted by Crippen LogP contribution is -2.48. The summed E-state index contributed by atoms with van der Waals surface area (Å²) >= 11 is 6.08. The second-order valence-electron chi connectivity index (χ2n) is 8.45.